The summed E-state index contributed by atoms with van der Waals surface area (Å²) < 4.78 is 52.7. The van der Waals surface area contributed by atoms with Crippen molar-refractivity contribution in [3.63, 3.8) is 0 Å². The number of nitrogens with zero attached hydrogens (tertiary/aromatic N) is 1. The zero-order valence-corrected chi connectivity index (χ0v) is 22.1. The Hall–Kier alpha value is -4.36. The van der Waals surface area contributed by atoms with Gasteiger partial charge in [-0.05, 0) is 76.7 Å². The summed E-state index contributed by atoms with van der Waals surface area (Å²) in [5, 5.41) is 0.992. The van der Waals surface area contributed by atoms with Crippen LogP contribution in [0, 0.1) is 0 Å². The molecule has 40 heavy (non-hydrogen) atoms. The first kappa shape index (κ1) is 27.2. The van der Waals surface area contributed by atoms with Gasteiger partial charge in [0.1, 0.15) is 18.1 Å². The summed E-state index contributed by atoms with van der Waals surface area (Å²) in [4.78, 5) is 15.5. The van der Waals surface area contributed by atoms with E-state index in [1.165, 1.54) is 19.2 Å². The maximum absolute atomic E-state index is 13.9. The SMILES string of the molecule is CC(=O)Oc1cccc(COc2cccc(-c3c(Cc4ccc(Cl)cc4)cnc4c(C(F)(F)F)cccc34)c2)c1. The van der Waals surface area contributed by atoms with Crippen molar-refractivity contribution >= 4 is 28.5 Å². The van der Waals surface area contributed by atoms with Gasteiger partial charge in [0.25, 0.3) is 0 Å². The summed E-state index contributed by atoms with van der Waals surface area (Å²) in [6.45, 7) is 1.53. The normalized spacial score (nSPS) is 11.4. The van der Waals surface area contributed by atoms with Gasteiger partial charge in [-0.2, -0.15) is 13.2 Å². The van der Waals surface area contributed by atoms with Gasteiger partial charge < -0.3 is 9.47 Å². The van der Waals surface area contributed by atoms with Gasteiger partial charge in [0.2, 0.25) is 0 Å². The largest absolute Gasteiger partial charge is 0.489 e. The Kier molecular flexibility index (Phi) is 7.76. The number of esters is 1. The molecule has 4 nitrogen and oxygen atoms in total. The number of carbonyl (C=O) groups is 1. The summed E-state index contributed by atoms with van der Waals surface area (Å²) in [7, 11) is 0. The third kappa shape index (κ3) is 6.26. The minimum Gasteiger partial charge on any atom is -0.489 e. The molecule has 0 saturated heterocycles. The molecule has 5 rings (SSSR count). The molecule has 0 fully saturated rings. The lowest BCUT2D eigenvalue weighted by Gasteiger charge is -2.17. The molecule has 0 spiro atoms. The smallest absolute Gasteiger partial charge is 0.418 e. The Bertz CT molecular complexity index is 1680. The molecule has 0 aliphatic rings. The molecule has 8 heteroatoms. The quantitative estimate of drug-likeness (QED) is 0.147. The molecular formula is C32H23ClF3NO3. The highest BCUT2D eigenvalue weighted by Crippen LogP contribution is 2.39. The number of ether oxygens (including phenoxy) is 2. The maximum atomic E-state index is 13.9. The van der Waals surface area contributed by atoms with Gasteiger partial charge in [-0.25, -0.2) is 0 Å². The van der Waals surface area contributed by atoms with E-state index in [-0.39, 0.29) is 12.1 Å². The molecule has 0 aliphatic carbocycles. The zero-order valence-electron chi connectivity index (χ0n) is 21.3. The van der Waals surface area contributed by atoms with Crippen LogP contribution < -0.4 is 9.47 Å². The molecule has 1 aromatic heterocycles. The van der Waals surface area contributed by atoms with Crippen molar-refractivity contribution in [2.45, 2.75) is 26.1 Å². The average Bonchev–Trinajstić information content (AvgIpc) is 2.92. The summed E-state index contributed by atoms with van der Waals surface area (Å²) in [6.07, 6.45) is -2.59. The highest BCUT2D eigenvalue weighted by molar-refractivity contribution is 6.30. The highest BCUT2D eigenvalue weighted by Gasteiger charge is 2.33. The van der Waals surface area contributed by atoms with Gasteiger partial charge >= 0.3 is 12.1 Å². The fourth-order valence-electron chi connectivity index (χ4n) is 4.56. The van der Waals surface area contributed by atoms with Gasteiger partial charge in [-0.1, -0.05) is 60.1 Å². The van der Waals surface area contributed by atoms with Crippen molar-refractivity contribution in [2.24, 2.45) is 0 Å². The van der Waals surface area contributed by atoms with E-state index in [0.29, 0.717) is 39.5 Å². The molecule has 4 aromatic carbocycles. The average molecular weight is 562 g/mol. The predicted molar refractivity (Wildman–Crippen MR) is 149 cm³/mol. The van der Waals surface area contributed by atoms with Gasteiger partial charge in [0.15, 0.2) is 0 Å². The molecule has 5 aromatic rings. The highest BCUT2D eigenvalue weighted by atomic mass is 35.5. The minimum atomic E-state index is -4.55. The maximum Gasteiger partial charge on any atom is 0.418 e. The van der Waals surface area contributed by atoms with Crippen LogP contribution in [0.25, 0.3) is 22.0 Å². The number of benzene rings is 4. The number of rotatable bonds is 7. The van der Waals surface area contributed by atoms with Crippen LogP contribution >= 0.6 is 11.6 Å². The van der Waals surface area contributed by atoms with E-state index in [1.807, 2.05) is 24.3 Å². The Morgan fingerprint density at radius 3 is 2.35 bits per heavy atom. The van der Waals surface area contributed by atoms with Crippen LogP contribution in [0.15, 0.2) is 97.2 Å². The predicted octanol–water partition coefficient (Wildman–Crippen LogP) is 8.67. The standard InChI is InChI=1S/C32H23ClF3NO3/c1-20(38)40-27-8-2-5-22(16-27)19-39-26-7-3-6-23(17-26)30-24(15-21-11-13-25(33)14-12-21)18-37-31-28(30)9-4-10-29(31)32(34,35)36/h2-14,16-18H,15,19H2,1H3. The number of halogens is 4. The first-order chi connectivity index (χ1) is 19.2. The Labute approximate surface area is 234 Å². The summed E-state index contributed by atoms with van der Waals surface area (Å²) in [6, 6.07) is 25.6. The van der Waals surface area contributed by atoms with Crippen molar-refractivity contribution in [3.05, 3.63) is 124 Å². The van der Waals surface area contributed by atoms with Crippen LogP contribution in [0.1, 0.15) is 29.2 Å². The molecule has 0 amide bonds. The molecule has 0 N–H and O–H groups in total. The third-order valence-electron chi connectivity index (χ3n) is 6.28. The number of para-hydroxylation sites is 1. The van der Waals surface area contributed by atoms with Crippen LogP contribution in [0.4, 0.5) is 13.2 Å². The van der Waals surface area contributed by atoms with E-state index in [4.69, 9.17) is 21.1 Å². The lowest BCUT2D eigenvalue weighted by Crippen LogP contribution is -2.07. The fraction of sp³-hybridized carbons (Fsp3) is 0.125. The van der Waals surface area contributed by atoms with Gasteiger partial charge in [-0.3, -0.25) is 9.78 Å². The Morgan fingerprint density at radius 2 is 1.60 bits per heavy atom. The number of pyridine rings is 1. The van der Waals surface area contributed by atoms with Crippen LogP contribution in [-0.4, -0.2) is 11.0 Å². The van der Waals surface area contributed by atoms with Crippen molar-refractivity contribution < 1.29 is 27.4 Å². The van der Waals surface area contributed by atoms with E-state index in [2.05, 4.69) is 4.98 Å². The van der Waals surface area contributed by atoms with Crippen LogP contribution in [0.2, 0.25) is 5.02 Å². The number of alkyl halides is 3. The molecule has 0 radical (unpaired) electrons. The van der Waals surface area contributed by atoms with Crippen molar-refractivity contribution in [3.8, 4) is 22.6 Å². The minimum absolute atomic E-state index is 0.113. The second-order valence-corrected chi connectivity index (χ2v) is 9.66. The van der Waals surface area contributed by atoms with E-state index < -0.39 is 17.7 Å². The Balaban J connectivity index is 1.55. The summed E-state index contributed by atoms with van der Waals surface area (Å²) in [5.41, 5.74) is 2.94. The topological polar surface area (TPSA) is 48.4 Å². The van der Waals surface area contributed by atoms with Crippen molar-refractivity contribution in [1.82, 2.24) is 4.98 Å². The van der Waals surface area contributed by atoms with Gasteiger partial charge in [-0.15, -0.1) is 0 Å². The molecule has 0 bridgehead atoms. The van der Waals surface area contributed by atoms with E-state index in [9.17, 15) is 18.0 Å². The second-order valence-electron chi connectivity index (χ2n) is 9.22. The number of hydrogen-bond acceptors (Lipinski definition) is 4. The Morgan fingerprint density at radius 1 is 0.875 bits per heavy atom. The summed E-state index contributed by atoms with van der Waals surface area (Å²) in [5.74, 6) is 0.529. The third-order valence-corrected chi connectivity index (χ3v) is 6.53. The fourth-order valence-corrected chi connectivity index (χ4v) is 4.69. The lowest BCUT2D eigenvalue weighted by atomic mass is 9.92. The van der Waals surface area contributed by atoms with Crippen LogP contribution in [0.5, 0.6) is 11.5 Å². The van der Waals surface area contributed by atoms with Gasteiger partial charge in [0, 0.05) is 23.5 Å². The molecular weight excluding hydrogens is 539 g/mol. The lowest BCUT2D eigenvalue weighted by molar-refractivity contribution is -0.136. The number of aromatic nitrogens is 1. The molecule has 1 heterocycles. The molecule has 202 valence electrons. The van der Waals surface area contributed by atoms with E-state index in [1.54, 1.807) is 54.6 Å². The molecule has 0 atom stereocenters. The monoisotopic (exact) mass is 561 g/mol. The van der Waals surface area contributed by atoms with Crippen LogP contribution in [-0.2, 0) is 24.0 Å². The zero-order chi connectivity index (χ0) is 28.3. The number of fused-ring (bicyclic) bond motifs is 1. The number of carbonyl (C=O) groups excluding carboxylic acids is 1. The first-order valence-corrected chi connectivity index (χ1v) is 12.8. The van der Waals surface area contributed by atoms with Crippen LogP contribution in [0.3, 0.4) is 0 Å². The van der Waals surface area contributed by atoms with E-state index in [0.717, 1.165) is 22.8 Å². The summed E-state index contributed by atoms with van der Waals surface area (Å²) >= 11 is 6.05. The number of hydrogen-bond donors (Lipinski definition) is 0. The van der Waals surface area contributed by atoms with Crippen molar-refractivity contribution in [2.75, 3.05) is 0 Å². The first-order valence-electron chi connectivity index (χ1n) is 12.4. The molecule has 0 unspecified atom stereocenters. The van der Waals surface area contributed by atoms with Crippen molar-refractivity contribution in [1.29, 1.82) is 0 Å². The van der Waals surface area contributed by atoms with E-state index >= 15 is 0 Å². The molecule has 0 aliphatic heterocycles. The molecule has 0 saturated carbocycles. The van der Waals surface area contributed by atoms with Gasteiger partial charge in [0.05, 0.1) is 11.1 Å². The second kappa shape index (κ2) is 11.4.